The van der Waals surface area contributed by atoms with E-state index >= 15 is 0 Å². The maximum atomic E-state index is 12.5. The third-order valence-corrected chi connectivity index (χ3v) is 4.56. The van der Waals surface area contributed by atoms with E-state index in [9.17, 15) is 4.79 Å². The minimum absolute atomic E-state index is 0.0430. The van der Waals surface area contributed by atoms with E-state index in [0.717, 1.165) is 21.6 Å². The fraction of sp³-hybridized carbons (Fsp3) is 0.250. The molecule has 2 heterocycles. The third kappa shape index (κ3) is 5.34. The summed E-state index contributed by atoms with van der Waals surface area (Å²) < 4.78 is 11.9. The van der Waals surface area contributed by atoms with Crippen LogP contribution < -0.4 is 5.32 Å². The zero-order valence-corrected chi connectivity index (χ0v) is 16.1. The van der Waals surface area contributed by atoms with Crippen LogP contribution in [0, 0.1) is 0 Å². The molecule has 0 fully saturated rings. The van der Waals surface area contributed by atoms with E-state index in [0.29, 0.717) is 13.1 Å². The highest BCUT2D eigenvalue weighted by atomic mass is 79.9. The number of halogens is 1. The highest BCUT2D eigenvalue weighted by Crippen LogP contribution is 2.17. The van der Waals surface area contributed by atoms with Gasteiger partial charge in [-0.3, -0.25) is 9.69 Å². The maximum Gasteiger partial charge on any atom is 0.234 e. The second kappa shape index (κ2) is 8.87. The van der Waals surface area contributed by atoms with Crippen LogP contribution in [0.2, 0.25) is 0 Å². The Morgan fingerprint density at radius 3 is 2.12 bits per heavy atom. The van der Waals surface area contributed by atoms with Crippen LogP contribution in [0.25, 0.3) is 0 Å². The summed E-state index contributed by atoms with van der Waals surface area (Å²) in [5.41, 5.74) is 1.06. The zero-order chi connectivity index (χ0) is 18.4. The fourth-order valence-electron chi connectivity index (χ4n) is 2.74. The molecule has 136 valence electrons. The van der Waals surface area contributed by atoms with Gasteiger partial charge in [-0.1, -0.05) is 28.1 Å². The molecule has 0 saturated carbocycles. The monoisotopic (exact) mass is 416 g/mol. The molecule has 1 aromatic carbocycles. The molecule has 0 aliphatic heterocycles. The van der Waals surface area contributed by atoms with Crippen molar-refractivity contribution in [1.82, 2.24) is 10.2 Å². The Kier molecular flexibility index (Phi) is 6.30. The summed E-state index contributed by atoms with van der Waals surface area (Å²) in [4.78, 5) is 14.5. The van der Waals surface area contributed by atoms with Crippen molar-refractivity contribution < 1.29 is 13.6 Å². The van der Waals surface area contributed by atoms with Crippen LogP contribution in [-0.4, -0.2) is 17.4 Å². The second-order valence-electron chi connectivity index (χ2n) is 6.14. The van der Waals surface area contributed by atoms with Gasteiger partial charge in [0.2, 0.25) is 5.91 Å². The largest absolute Gasteiger partial charge is 0.468 e. The molecular formula is C20H21BrN2O3. The first kappa shape index (κ1) is 18.5. The molecule has 2 aromatic heterocycles. The second-order valence-corrected chi connectivity index (χ2v) is 7.06. The third-order valence-electron chi connectivity index (χ3n) is 4.03. The number of hydrogen-bond donors (Lipinski definition) is 1. The molecule has 0 unspecified atom stereocenters. The lowest BCUT2D eigenvalue weighted by atomic mass is 10.1. The summed E-state index contributed by atoms with van der Waals surface area (Å²) >= 11 is 3.42. The first-order valence-corrected chi connectivity index (χ1v) is 9.21. The number of nitrogens with one attached hydrogen (secondary N) is 1. The molecule has 1 N–H and O–H groups in total. The Bertz CT molecular complexity index is 762. The highest BCUT2D eigenvalue weighted by Gasteiger charge is 2.16. The Hall–Kier alpha value is -2.31. The average molecular weight is 417 g/mol. The molecule has 6 heteroatoms. The van der Waals surface area contributed by atoms with Gasteiger partial charge in [0, 0.05) is 4.47 Å². The van der Waals surface area contributed by atoms with Gasteiger partial charge >= 0.3 is 0 Å². The van der Waals surface area contributed by atoms with E-state index in [-0.39, 0.29) is 18.5 Å². The fourth-order valence-corrected chi connectivity index (χ4v) is 3.00. The number of hydrogen-bond acceptors (Lipinski definition) is 4. The number of furan rings is 2. The van der Waals surface area contributed by atoms with Crippen LogP contribution in [0.4, 0.5) is 0 Å². The van der Waals surface area contributed by atoms with Crippen LogP contribution >= 0.6 is 15.9 Å². The molecule has 1 atom stereocenters. The molecule has 1 amide bonds. The summed E-state index contributed by atoms with van der Waals surface area (Å²) in [6, 6.07) is 15.4. The molecule has 3 aromatic rings. The number of nitrogens with zero attached hydrogens (tertiary/aromatic N) is 1. The summed E-state index contributed by atoms with van der Waals surface area (Å²) in [6.07, 6.45) is 3.27. The van der Waals surface area contributed by atoms with E-state index in [1.54, 1.807) is 12.5 Å². The topological polar surface area (TPSA) is 58.6 Å². The molecular weight excluding hydrogens is 396 g/mol. The minimum Gasteiger partial charge on any atom is -0.468 e. The van der Waals surface area contributed by atoms with Crippen LogP contribution in [-0.2, 0) is 17.9 Å². The molecule has 0 saturated heterocycles. The molecule has 0 aliphatic carbocycles. The van der Waals surface area contributed by atoms with Crippen molar-refractivity contribution >= 4 is 21.8 Å². The Morgan fingerprint density at radius 1 is 1.04 bits per heavy atom. The molecule has 0 radical (unpaired) electrons. The van der Waals surface area contributed by atoms with Gasteiger partial charge < -0.3 is 14.2 Å². The van der Waals surface area contributed by atoms with E-state index in [1.165, 1.54) is 0 Å². The summed E-state index contributed by atoms with van der Waals surface area (Å²) in [7, 11) is 0. The molecule has 0 bridgehead atoms. The van der Waals surface area contributed by atoms with E-state index in [1.807, 2.05) is 60.4 Å². The maximum absolute atomic E-state index is 12.5. The van der Waals surface area contributed by atoms with Gasteiger partial charge in [-0.05, 0) is 48.9 Å². The number of rotatable bonds is 8. The number of amides is 1. The Balaban J connectivity index is 1.61. The van der Waals surface area contributed by atoms with Crippen LogP contribution in [0.5, 0.6) is 0 Å². The molecule has 0 spiro atoms. The van der Waals surface area contributed by atoms with Gasteiger partial charge in [-0.15, -0.1) is 0 Å². The van der Waals surface area contributed by atoms with Crippen molar-refractivity contribution in [3.05, 3.63) is 82.6 Å². The standard InChI is InChI=1S/C20H21BrN2O3/c1-15(16-6-8-17(21)9-7-16)22-20(24)14-23(12-18-4-2-10-25-18)13-19-5-3-11-26-19/h2-11,15H,12-14H2,1H3,(H,22,24)/t15-/m0/s1. The normalized spacial score (nSPS) is 12.3. The van der Waals surface area contributed by atoms with Crippen molar-refractivity contribution in [2.24, 2.45) is 0 Å². The Morgan fingerprint density at radius 2 is 1.62 bits per heavy atom. The van der Waals surface area contributed by atoms with Crippen LogP contribution in [0.1, 0.15) is 30.0 Å². The number of carbonyl (C=O) groups excluding carboxylic acids is 1. The van der Waals surface area contributed by atoms with Crippen molar-refractivity contribution in [2.75, 3.05) is 6.54 Å². The highest BCUT2D eigenvalue weighted by molar-refractivity contribution is 9.10. The Labute approximate surface area is 161 Å². The van der Waals surface area contributed by atoms with Gasteiger partial charge in [0.15, 0.2) is 0 Å². The average Bonchev–Trinajstić information content (AvgIpc) is 3.29. The first-order chi connectivity index (χ1) is 12.6. The molecule has 26 heavy (non-hydrogen) atoms. The SMILES string of the molecule is C[C@H](NC(=O)CN(Cc1ccco1)Cc1ccco1)c1ccc(Br)cc1. The van der Waals surface area contributed by atoms with Crippen molar-refractivity contribution in [1.29, 1.82) is 0 Å². The van der Waals surface area contributed by atoms with E-state index in [2.05, 4.69) is 21.2 Å². The number of carbonyl (C=O) groups is 1. The lowest BCUT2D eigenvalue weighted by Gasteiger charge is -2.21. The lowest BCUT2D eigenvalue weighted by molar-refractivity contribution is -0.123. The van der Waals surface area contributed by atoms with Crippen molar-refractivity contribution in [3.63, 3.8) is 0 Å². The van der Waals surface area contributed by atoms with Crippen molar-refractivity contribution in [3.8, 4) is 0 Å². The summed E-state index contributed by atoms with van der Waals surface area (Å²) in [6.45, 7) is 3.30. The van der Waals surface area contributed by atoms with E-state index < -0.39 is 0 Å². The first-order valence-electron chi connectivity index (χ1n) is 8.42. The van der Waals surface area contributed by atoms with Crippen LogP contribution in [0.15, 0.2) is 74.4 Å². The molecule has 3 rings (SSSR count). The quantitative estimate of drug-likeness (QED) is 0.586. The zero-order valence-electron chi connectivity index (χ0n) is 14.5. The van der Waals surface area contributed by atoms with Gasteiger partial charge in [-0.2, -0.15) is 0 Å². The predicted molar refractivity (Wildman–Crippen MR) is 102 cm³/mol. The summed E-state index contributed by atoms with van der Waals surface area (Å²) in [5, 5.41) is 3.05. The van der Waals surface area contributed by atoms with Gasteiger partial charge in [-0.25, -0.2) is 0 Å². The lowest BCUT2D eigenvalue weighted by Crippen LogP contribution is -2.37. The van der Waals surface area contributed by atoms with Crippen molar-refractivity contribution in [2.45, 2.75) is 26.1 Å². The minimum atomic E-state index is -0.0651. The molecule has 0 aliphatic rings. The predicted octanol–water partition coefficient (Wildman–Crippen LogP) is 4.51. The number of benzene rings is 1. The van der Waals surface area contributed by atoms with Gasteiger partial charge in [0.1, 0.15) is 11.5 Å². The summed E-state index contributed by atoms with van der Waals surface area (Å²) in [5.74, 6) is 1.58. The van der Waals surface area contributed by atoms with Gasteiger partial charge in [0.05, 0.1) is 38.2 Å². The van der Waals surface area contributed by atoms with Gasteiger partial charge in [0.25, 0.3) is 0 Å². The van der Waals surface area contributed by atoms with E-state index in [4.69, 9.17) is 8.83 Å². The smallest absolute Gasteiger partial charge is 0.234 e. The van der Waals surface area contributed by atoms with Crippen LogP contribution in [0.3, 0.4) is 0 Å². The molecule has 5 nitrogen and oxygen atoms in total.